The molecule has 1 saturated heterocycles. The highest BCUT2D eigenvalue weighted by atomic mass is 16.2. The van der Waals surface area contributed by atoms with Gasteiger partial charge < -0.3 is 15.5 Å². The Balaban J connectivity index is 1.46. The highest BCUT2D eigenvalue weighted by molar-refractivity contribution is 5.76. The Kier molecular flexibility index (Phi) is 3.69. The van der Waals surface area contributed by atoms with Crippen molar-refractivity contribution in [3.05, 3.63) is 35.4 Å². The summed E-state index contributed by atoms with van der Waals surface area (Å²) in [6.07, 6.45) is 3.48. The summed E-state index contributed by atoms with van der Waals surface area (Å²) in [6, 6.07) is 9.35. The van der Waals surface area contributed by atoms with Gasteiger partial charge in [0.25, 0.3) is 0 Å². The van der Waals surface area contributed by atoms with Crippen molar-refractivity contribution in [2.45, 2.75) is 25.3 Å². The normalized spacial score (nSPS) is 22.2. The molecule has 1 fully saturated rings. The molecule has 102 valence electrons. The van der Waals surface area contributed by atoms with Gasteiger partial charge in [0.1, 0.15) is 0 Å². The average Bonchev–Trinajstić information content (AvgIpc) is 2.84. The molecule has 1 atom stereocenters. The molecule has 0 radical (unpaired) electrons. The second-order valence-electron chi connectivity index (χ2n) is 5.38. The van der Waals surface area contributed by atoms with E-state index in [1.807, 2.05) is 4.90 Å². The van der Waals surface area contributed by atoms with Gasteiger partial charge in [-0.3, -0.25) is 0 Å². The molecule has 2 N–H and O–H groups in total. The van der Waals surface area contributed by atoms with Crippen molar-refractivity contribution in [3.63, 3.8) is 0 Å². The Bertz CT molecular complexity index is 460. The zero-order valence-corrected chi connectivity index (χ0v) is 11.2. The van der Waals surface area contributed by atoms with Gasteiger partial charge in [0.15, 0.2) is 0 Å². The molecule has 0 saturated carbocycles. The summed E-state index contributed by atoms with van der Waals surface area (Å²) in [5.41, 5.74) is 2.98. The Labute approximate surface area is 114 Å². The van der Waals surface area contributed by atoms with Crippen LogP contribution >= 0.6 is 0 Å². The number of aryl methyl sites for hydroxylation is 1. The van der Waals surface area contributed by atoms with Crippen molar-refractivity contribution in [1.29, 1.82) is 0 Å². The number of benzene rings is 1. The van der Waals surface area contributed by atoms with Gasteiger partial charge in [0, 0.05) is 32.2 Å². The van der Waals surface area contributed by atoms with Gasteiger partial charge in [0.2, 0.25) is 0 Å². The topological polar surface area (TPSA) is 44.4 Å². The third-order valence-electron chi connectivity index (χ3n) is 4.11. The highest BCUT2D eigenvalue weighted by Gasteiger charge is 2.20. The Hall–Kier alpha value is -1.55. The lowest BCUT2D eigenvalue weighted by Crippen LogP contribution is -2.40. The van der Waals surface area contributed by atoms with E-state index < -0.39 is 0 Å². The van der Waals surface area contributed by atoms with Crippen molar-refractivity contribution < 1.29 is 4.79 Å². The number of hydrogen-bond acceptors (Lipinski definition) is 2. The number of nitrogens with zero attached hydrogens (tertiary/aromatic N) is 1. The molecule has 0 spiro atoms. The minimum Gasteiger partial charge on any atom is -0.336 e. The maximum absolute atomic E-state index is 11.4. The van der Waals surface area contributed by atoms with Gasteiger partial charge in [-0.1, -0.05) is 24.3 Å². The molecular weight excluding hydrogens is 238 g/mol. The van der Waals surface area contributed by atoms with Gasteiger partial charge in [0.05, 0.1) is 0 Å². The van der Waals surface area contributed by atoms with E-state index in [1.165, 1.54) is 17.5 Å². The van der Waals surface area contributed by atoms with Crippen LogP contribution in [-0.2, 0) is 12.8 Å². The van der Waals surface area contributed by atoms with Crippen LogP contribution in [0.3, 0.4) is 0 Å². The fraction of sp³-hybridized carbons (Fsp3) is 0.533. The summed E-state index contributed by atoms with van der Waals surface area (Å²) in [5.74, 6) is 0. The van der Waals surface area contributed by atoms with Gasteiger partial charge in [-0.25, -0.2) is 4.79 Å². The monoisotopic (exact) mass is 259 g/mol. The molecule has 1 heterocycles. The van der Waals surface area contributed by atoms with Crippen LogP contribution in [0.25, 0.3) is 0 Å². The van der Waals surface area contributed by atoms with Crippen LogP contribution in [0, 0.1) is 0 Å². The molecule has 0 aromatic heterocycles. The molecule has 19 heavy (non-hydrogen) atoms. The largest absolute Gasteiger partial charge is 0.336 e. The van der Waals surface area contributed by atoms with Crippen molar-refractivity contribution in [2.24, 2.45) is 0 Å². The number of rotatable bonds is 4. The van der Waals surface area contributed by atoms with E-state index >= 15 is 0 Å². The van der Waals surface area contributed by atoms with Crippen LogP contribution in [-0.4, -0.2) is 43.2 Å². The van der Waals surface area contributed by atoms with Crippen molar-refractivity contribution >= 4 is 6.03 Å². The van der Waals surface area contributed by atoms with E-state index in [9.17, 15) is 4.79 Å². The first-order valence-corrected chi connectivity index (χ1v) is 7.16. The second kappa shape index (κ2) is 5.61. The van der Waals surface area contributed by atoms with Crippen molar-refractivity contribution in [3.8, 4) is 0 Å². The minimum absolute atomic E-state index is 0.0794. The van der Waals surface area contributed by atoms with Crippen LogP contribution in [0.2, 0.25) is 0 Å². The lowest BCUT2D eigenvalue weighted by Gasteiger charge is -2.26. The fourth-order valence-corrected chi connectivity index (χ4v) is 3.00. The van der Waals surface area contributed by atoms with E-state index in [-0.39, 0.29) is 6.03 Å². The zero-order valence-electron chi connectivity index (χ0n) is 11.2. The van der Waals surface area contributed by atoms with Gasteiger partial charge in [-0.15, -0.1) is 0 Å². The number of nitrogens with one attached hydrogen (secondary N) is 2. The van der Waals surface area contributed by atoms with Gasteiger partial charge in [-0.2, -0.15) is 0 Å². The van der Waals surface area contributed by atoms with Crippen LogP contribution in [0.15, 0.2) is 24.3 Å². The summed E-state index contributed by atoms with van der Waals surface area (Å²) >= 11 is 0. The first-order chi connectivity index (χ1) is 9.33. The van der Waals surface area contributed by atoms with E-state index in [0.717, 1.165) is 39.0 Å². The van der Waals surface area contributed by atoms with Crippen LogP contribution in [0.5, 0.6) is 0 Å². The van der Waals surface area contributed by atoms with E-state index in [0.29, 0.717) is 6.04 Å². The maximum Gasteiger partial charge on any atom is 0.317 e. The smallest absolute Gasteiger partial charge is 0.317 e. The maximum atomic E-state index is 11.4. The SMILES string of the molecule is O=C1NCCN1CCNC1CCc2ccccc2C1. The highest BCUT2D eigenvalue weighted by Crippen LogP contribution is 2.20. The molecule has 1 aliphatic heterocycles. The molecule has 0 bridgehead atoms. The third-order valence-corrected chi connectivity index (χ3v) is 4.11. The molecule has 1 unspecified atom stereocenters. The number of carbonyl (C=O) groups is 1. The molecule has 1 aliphatic carbocycles. The first-order valence-electron chi connectivity index (χ1n) is 7.16. The number of fused-ring (bicyclic) bond motifs is 1. The van der Waals surface area contributed by atoms with Crippen molar-refractivity contribution in [1.82, 2.24) is 15.5 Å². The number of carbonyl (C=O) groups excluding carboxylic acids is 1. The van der Waals surface area contributed by atoms with Crippen LogP contribution < -0.4 is 10.6 Å². The molecule has 2 amide bonds. The Morgan fingerprint density at radius 1 is 1.32 bits per heavy atom. The predicted molar refractivity (Wildman–Crippen MR) is 75.2 cm³/mol. The summed E-state index contributed by atoms with van der Waals surface area (Å²) in [6.45, 7) is 3.33. The second-order valence-corrected chi connectivity index (χ2v) is 5.38. The average molecular weight is 259 g/mol. The van der Waals surface area contributed by atoms with E-state index in [4.69, 9.17) is 0 Å². The number of urea groups is 1. The quantitative estimate of drug-likeness (QED) is 0.852. The molecule has 1 aromatic carbocycles. The molecule has 4 heteroatoms. The summed E-state index contributed by atoms with van der Waals surface area (Å²) in [7, 11) is 0. The molecule has 2 aliphatic rings. The predicted octanol–water partition coefficient (Wildman–Crippen LogP) is 1.16. The first kappa shape index (κ1) is 12.5. The van der Waals surface area contributed by atoms with Gasteiger partial charge in [-0.05, 0) is 30.4 Å². The Morgan fingerprint density at radius 3 is 2.95 bits per heavy atom. The van der Waals surface area contributed by atoms with Crippen LogP contribution in [0.1, 0.15) is 17.5 Å². The van der Waals surface area contributed by atoms with Crippen molar-refractivity contribution in [2.75, 3.05) is 26.2 Å². The molecule has 3 rings (SSSR count). The van der Waals surface area contributed by atoms with Gasteiger partial charge >= 0.3 is 6.03 Å². The van der Waals surface area contributed by atoms with Crippen LogP contribution in [0.4, 0.5) is 4.79 Å². The number of amides is 2. The van der Waals surface area contributed by atoms with E-state index in [1.54, 1.807) is 0 Å². The third kappa shape index (κ3) is 2.89. The summed E-state index contributed by atoms with van der Waals surface area (Å²) < 4.78 is 0. The lowest BCUT2D eigenvalue weighted by atomic mass is 9.88. The summed E-state index contributed by atoms with van der Waals surface area (Å²) in [4.78, 5) is 13.3. The molecular formula is C15H21N3O. The summed E-state index contributed by atoms with van der Waals surface area (Å²) in [5, 5.41) is 6.42. The minimum atomic E-state index is 0.0794. The Morgan fingerprint density at radius 2 is 2.16 bits per heavy atom. The lowest BCUT2D eigenvalue weighted by molar-refractivity contribution is 0.216. The number of hydrogen-bond donors (Lipinski definition) is 2. The standard InChI is InChI=1S/C15H21N3O/c19-15-17-8-10-18(15)9-7-16-14-6-5-12-3-1-2-4-13(12)11-14/h1-4,14,16H,5-11H2,(H,17,19). The molecule has 4 nitrogen and oxygen atoms in total. The van der Waals surface area contributed by atoms with E-state index in [2.05, 4.69) is 34.9 Å². The fourth-order valence-electron chi connectivity index (χ4n) is 3.00. The zero-order chi connectivity index (χ0) is 13.1. The molecule has 1 aromatic rings.